The van der Waals surface area contributed by atoms with E-state index in [-0.39, 0.29) is 5.91 Å². The molecule has 0 radical (unpaired) electrons. The number of fused-ring (bicyclic) bond motifs is 1. The molecule has 0 saturated heterocycles. The van der Waals surface area contributed by atoms with Crippen molar-refractivity contribution in [3.8, 4) is 5.75 Å². The van der Waals surface area contributed by atoms with Gasteiger partial charge in [-0.3, -0.25) is 4.79 Å². The summed E-state index contributed by atoms with van der Waals surface area (Å²) in [6.07, 6.45) is 1.07. The maximum atomic E-state index is 12.6. The van der Waals surface area contributed by atoms with Crippen LogP contribution in [0.15, 0.2) is 42.5 Å². The molecule has 2 aromatic carbocycles. The third-order valence-corrected chi connectivity index (χ3v) is 4.15. The van der Waals surface area contributed by atoms with Crippen LogP contribution in [0.5, 0.6) is 5.75 Å². The van der Waals surface area contributed by atoms with Gasteiger partial charge in [0.05, 0.1) is 12.2 Å². The lowest BCUT2D eigenvalue weighted by molar-refractivity contribution is 0.102. The Labute approximate surface area is 137 Å². The second-order valence-electron chi connectivity index (χ2n) is 5.56. The first-order valence-corrected chi connectivity index (χ1v) is 8.14. The van der Waals surface area contributed by atoms with Crippen LogP contribution in [0.2, 0.25) is 0 Å². The van der Waals surface area contributed by atoms with Gasteiger partial charge in [0.15, 0.2) is 0 Å². The molecule has 0 saturated carbocycles. The largest absolute Gasteiger partial charge is 0.493 e. The Morgan fingerprint density at radius 1 is 1.22 bits per heavy atom. The number of hydrogen-bond donors (Lipinski definition) is 1. The molecule has 1 aliphatic rings. The topological polar surface area (TPSA) is 41.6 Å². The zero-order valence-corrected chi connectivity index (χ0v) is 13.6. The van der Waals surface area contributed by atoms with Crippen LogP contribution in [-0.2, 0) is 6.42 Å². The van der Waals surface area contributed by atoms with Crippen LogP contribution >= 0.6 is 0 Å². The Morgan fingerprint density at radius 2 is 2.04 bits per heavy atom. The number of carbonyl (C=O) groups is 1. The minimum atomic E-state index is -0.143. The summed E-state index contributed by atoms with van der Waals surface area (Å²) in [5, 5.41) is 2.99. The van der Waals surface area contributed by atoms with Crippen molar-refractivity contribution in [2.45, 2.75) is 20.3 Å². The van der Waals surface area contributed by atoms with Crippen LogP contribution in [0.1, 0.15) is 29.8 Å². The average Bonchev–Trinajstić information content (AvgIpc) is 2.98. The van der Waals surface area contributed by atoms with Gasteiger partial charge in [-0.2, -0.15) is 0 Å². The first kappa shape index (κ1) is 15.4. The highest BCUT2D eigenvalue weighted by Crippen LogP contribution is 2.31. The van der Waals surface area contributed by atoms with Crippen molar-refractivity contribution in [1.82, 2.24) is 0 Å². The highest BCUT2D eigenvalue weighted by Gasteiger charge is 2.19. The monoisotopic (exact) mass is 310 g/mol. The highest BCUT2D eigenvalue weighted by atomic mass is 16.5. The lowest BCUT2D eigenvalue weighted by Gasteiger charge is -2.17. The van der Waals surface area contributed by atoms with Crippen LogP contribution in [0.25, 0.3) is 0 Å². The molecule has 0 fully saturated rings. The minimum Gasteiger partial charge on any atom is -0.493 e. The molecule has 3 rings (SSSR count). The standard InChI is InChI=1S/C19H22N2O2/c1-3-21-12-11-14-9-10-15(13-17(14)21)20-19(22)16-7-5-6-8-18(16)23-4-2/h5-10,13H,3-4,11-12H2,1-2H3,(H,20,22). The van der Waals surface area contributed by atoms with Crippen molar-refractivity contribution in [3.63, 3.8) is 0 Å². The Hall–Kier alpha value is -2.49. The maximum absolute atomic E-state index is 12.6. The number of anilines is 2. The molecule has 2 aromatic rings. The van der Waals surface area contributed by atoms with Crippen LogP contribution in [-0.4, -0.2) is 25.6 Å². The lowest BCUT2D eigenvalue weighted by Crippen LogP contribution is -2.19. The lowest BCUT2D eigenvalue weighted by atomic mass is 10.1. The van der Waals surface area contributed by atoms with Crippen molar-refractivity contribution in [2.24, 2.45) is 0 Å². The predicted octanol–water partition coefficient (Wildman–Crippen LogP) is 3.72. The number of nitrogens with zero attached hydrogens (tertiary/aromatic N) is 1. The molecule has 1 amide bonds. The first-order valence-electron chi connectivity index (χ1n) is 8.14. The van der Waals surface area contributed by atoms with E-state index >= 15 is 0 Å². The number of nitrogens with one attached hydrogen (secondary N) is 1. The molecule has 4 nitrogen and oxygen atoms in total. The normalized spacial score (nSPS) is 12.9. The van der Waals surface area contributed by atoms with Crippen molar-refractivity contribution in [1.29, 1.82) is 0 Å². The molecule has 23 heavy (non-hydrogen) atoms. The summed E-state index contributed by atoms with van der Waals surface area (Å²) in [6, 6.07) is 13.5. The Balaban J connectivity index is 1.81. The highest BCUT2D eigenvalue weighted by molar-refractivity contribution is 6.06. The van der Waals surface area contributed by atoms with Gasteiger partial charge in [-0.05, 0) is 50.1 Å². The van der Waals surface area contributed by atoms with Gasteiger partial charge in [0, 0.05) is 24.5 Å². The summed E-state index contributed by atoms with van der Waals surface area (Å²) in [4.78, 5) is 14.9. The maximum Gasteiger partial charge on any atom is 0.259 e. The van der Waals surface area contributed by atoms with Gasteiger partial charge in [-0.15, -0.1) is 0 Å². The number of likely N-dealkylation sites (N-methyl/N-ethyl adjacent to an activating group) is 1. The zero-order valence-electron chi connectivity index (χ0n) is 13.6. The number of para-hydroxylation sites is 1. The molecule has 0 atom stereocenters. The van der Waals surface area contributed by atoms with E-state index in [2.05, 4.69) is 29.3 Å². The summed E-state index contributed by atoms with van der Waals surface area (Å²) in [6.45, 7) is 6.63. The smallest absolute Gasteiger partial charge is 0.259 e. The molecule has 0 spiro atoms. The molecule has 0 aromatic heterocycles. The number of benzene rings is 2. The fraction of sp³-hybridized carbons (Fsp3) is 0.316. The van der Waals surface area contributed by atoms with Crippen LogP contribution in [0, 0.1) is 0 Å². The Kier molecular flexibility index (Phi) is 4.51. The van der Waals surface area contributed by atoms with Gasteiger partial charge < -0.3 is 15.0 Å². The SMILES string of the molecule is CCOc1ccccc1C(=O)Nc1ccc2c(c1)N(CC)CC2. The quantitative estimate of drug-likeness (QED) is 0.915. The summed E-state index contributed by atoms with van der Waals surface area (Å²) in [5.74, 6) is 0.471. The summed E-state index contributed by atoms with van der Waals surface area (Å²) < 4.78 is 5.54. The van der Waals surface area contributed by atoms with E-state index in [0.29, 0.717) is 17.9 Å². The van der Waals surface area contributed by atoms with Gasteiger partial charge in [0.2, 0.25) is 0 Å². The second-order valence-corrected chi connectivity index (χ2v) is 5.56. The first-order chi connectivity index (χ1) is 11.2. The van der Waals surface area contributed by atoms with Crippen molar-refractivity contribution >= 4 is 17.3 Å². The van der Waals surface area contributed by atoms with E-state index in [9.17, 15) is 4.79 Å². The van der Waals surface area contributed by atoms with Crippen molar-refractivity contribution < 1.29 is 9.53 Å². The summed E-state index contributed by atoms with van der Waals surface area (Å²) in [5.41, 5.74) is 3.95. The molecule has 1 aliphatic heterocycles. The molecule has 4 heteroatoms. The average molecular weight is 310 g/mol. The van der Waals surface area contributed by atoms with Crippen molar-refractivity contribution in [2.75, 3.05) is 29.9 Å². The van der Waals surface area contributed by atoms with Gasteiger partial charge in [0.1, 0.15) is 5.75 Å². The van der Waals surface area contributed by atoms with Crippen LogP contribution in [0.3, 0.4) is 0 Å². The van der Waals surface area contributed by atoms with Gasteiger partial charge >= 0.3 is 0 Å². The molecular weight excluding hydrogens is 288 g/mol. The van der Waals surface area contributed by atoms with Crippen LogP contribution < -0.4 is 15.0 Å². The molecular formula is C19H22N2O2. The minimum absolute atomic E-state index is 0.143. The third kappa shape index (κ3) is 3.16. The fourth-order valence-corrected chi connectivity index (χ4v) is 2.99. The number of hydrogen-bond acceptors (Lipinski definition) is 3. The Morgan fingerprint density at radius 3 is 2.83 bits per heavy atom. The number of amides is 1. The van der Waals surface area contributed by atoms with Gasteiger partial charge in [0.25, 0.3) is 5.91 Å². The molecule has 0 bridgehead atoms. The van der Waals surface area contributed by atoms with Gasteiger partial charge in [-0.1, -0.05) is 18.2 Å². The fourth-order valence-electron chi connectivity index (χ4n) is 2.99. The van der Waals surface area contributed by atoms with E-state index in [1.54, 1.807) is 6.07 Å². The van der Waals surface area contributed by atoms with Crippen LogP contribution in [0.4, 0.5) is 11.4 Å². The molecule has 0 aliphatic carbocycles. The Bertz CT molecular complexity index is 712. The number of rotatable bonds is 5. The summed E-state index contributed by atoms with van der Waals surface area (Å²) in [7, 11) is 0. The van der Waals surface area contributed by atoms with Gasteiger partial charge in [-0.25, -0.2) is 0 Å². The number of ether oxygens (including phenoxy) is 1. The molecule has 1 heterocycles. The van der Waals surface area contributed by atoms with Crippen molar-refractivity contribution in [3.05, 3.63) is 53.6 Å². The van der Waals surface area contributed by atoms with E-state index in [1.807, 2.05) is 31.2 Å². The van der Waals surface area contributed by atoms with E-state index in [0.717, 1.165) is 25.2 Å². The zero-order chi connectivity index (χ0) is 16.2. The molecule has 120 valence electrons. The van der Waals surface area contributed by atoms with E-state index in [4.69, 9.17) is 4.74 Å². The number of carbonyl (C=O) groups excluding carboxylic acids is 1. The predicted molar refractivity (Wildman–Crippen MR) is 93.6 cm³/mol. The molecule has 0 unspecified atom stereocenters. The van der Waals surface area contributed by atoms with E-state index < -0.39 is 0 Å². The van der Waals surface area contributed by atoms with E-state index in [1.165, 1.54) is 11.3 Å². The third-order valence-electron chi connectivity index (χ3n) is 4.15. The molecule has 1 N–H and O–H groups in total. The second kappa shape index (κ2) is 6.73. The summed E-state index contributed by atoms with van der Waals surface area (Å²) >= 11 is 0.